The zero-order valence-electron chi connectivity index (χ0n) is 8.37. The van der Waals surface area contributed by atoms with Gasteiger partial charge in [0.15, 0.2) is 0 Å². The highest BCUT2D eigenvalue weighted by atomic mass is 16.5. The van der Waals surface area contributed by atoms with Crippen molar-refractivity contribution in [3.8, 4) is 0 Å². The standard InChI is InChI=1S/C9H14N2O3/c1-3-14-6-8-10-7(5-13-2)4-9(12)11-8/h4H,3,5-6H2,1-2H3,(H,10,11,12). The molecule has 1 rings (SSSR count). The Morgan fingerprint density at radius 2 is 2.29 bits per heavy atom. The van der Waals surface area contributed by atoms with Gasteiger partial charge in [-0.2, -0.15) is 0 Å². The molecule has 0 saturated heterocycles. The lowest BCUT2D eigenvalue weighted by Gasteiger charge is -2.03. The summed E-state index contributed by atoms with van der Waals surface area (Å²) in [5.74, 6) is 0.534. The molecule has 0 unspecified atom stereocenters. The fraction of sp³-hybridized carbons (Fsp3) is 0.556. The van der Waals surface area contributed by atoms with Gasteiger partial charge < -0.3 is 14.5 Å². The summed E-state index contributed by atoms with van der Waals surface area (Å²) in [6.45, 7) is 3.14. The predicted octanol–water partition coefficient (Wildman–Crippen LogP) is 0.453. The number of nitrogens with zero attached hydrogens (tertiary/aromatic N) is 1. The van der Waals surface area contributed by atoms with Crippen molar-refractivity contribution in [2.45, 2.75) is 20.1 Å². The first-order valence-corrected chi connectivity index (χ1v) is 4.42. The average molecular weight is 198 g/mol. The summed E-state index contributed by atoms with van der Waals surface area (Å²) in [6, 6.07) is 1.42. The van der Waals surface area contributed by atoms with E-state index in [0.29, 0.717) is 31.3 Å². The summed E-state index contributed by atoms with van der Waals surface area (Å²) < 4.78 is 10.0. The van der Waals surface area contributed by atoms with E-state index in [2.05, 4.69) is 9.97 Å². The average Bonchev–Trinajstić information content (AvgIpc) is 2.14. The van der Waals surface area contributed by atoms with Crippen molar-refractivity contribution in [1.29, 1.82) is 0 Å². The van der Waals surface area contributed by atoms with E-state index in [1.54, 1.807) is 7.11 Å². The van der Waals surface area contributed by atoms with Gasteiger partial charge in [-0.05, 0) is 6.92 Å². The van der Waals surface area contributed by atoms with Crippen LogP contribution < -0.4 is 5.56 Å². The van der Waals surface area contributed by atoms with E-state index < -0.39 is 0 Å². The summed E-state index contributed by atoms with van der Waals surface area (Å²) >= 11 is 0. The van der Waals surface area contributed by atoms with E-state index in [1.165, 1.54) is 6.07 Å². The highest BCUT2D eigenvalue weighted by Crippen LogP contribution is 1.95. The van der Waals surface area contributed by atoms with Crippen LogP contribution in [0.5, 0.6) is 0 Å². The quantitative estimate of drug-likeness (QED) is 0.746. The number of aromatic amines is 1. The Bertz CT molecular complexity index is 335. The zero-order chi connectivity index (χ0) is 10.4. The lowest BCUT2D eigenvalue weighted by Crippen LogP contribution is -2.14. The van der Waals surface area contributed by atoms with Gasteiger partial charge in [0.05, 0.1) is 12.3 Å². The molecule has 0 atom stereocenters. The molecular formula is C9H14N2O3. The molecule has 1 N–H and O–H groups in total. The molecule has 5 heteroatoms. The molecule has 78 valence electrons. The normalized spacial score (nSPS) is 10.4. The molecule has 0 aromatic carbocycles. The number of hydrogen-bond acceptors (Lipinski definition) is 4. The van der Waals surface area contributed by atoms with E-state index in [0.717, 1.165) is 0 Å². The van der Waals surface area contributed by atoms with Crippen LogP contribution in [0.4, 0.5) is 0 Å². The number of hydrogen-bond donors (Lipinski definition) is 1. The van der Waals surface area contributed by atoms with Crippen LogP contribution >= 0.6 is 0 Å². The van der Waals surface area contributed by atoms with Gasteiger partial charge in [-0.1, -0.05) is 0 Å². The topological polar surface area (TPSA) is 64.2 Å². The molecule has 0 bridgehead atoms. The third-order valence-corrected chi connectivity index (χ3v) is 1.58. The third kappa shape index (κ3) is 3.27. The van der Waals surface area contributed by atoms with Crippen molar-refractivity contribution in [3.63, 3.8) is 0 Å². The van der Waals surface area contributed by atoms with Gasteiger partial charge in [-0.25, -0.2) is 4.98 Å². The summed E-state index contributed by atoms with van der Waals surface area (Å²) in [5, 5.41) is 0. The van der Waals surface area contributed by atoms with Crippen LogP contribution in [0.25, 0.3) is 0 Å². The molecule has 0 fully saturated rings. The first-order chi connectivity index (χ1) is 6.76. The molecule has 0 radical (unpaired) electrons. The fourth-order valence-electron chi connectivity index (χ4n) is 1.05. The van der Waals surface area contributed by atoms with Crippen molar-refractivity contribution >= 4 is 0 Å². The van der Waals surface area contributed by atoms with E-state index in [1.807, 2.05) is 6.92 Å². The molecule has 0 aliphatic heterocycles. The molecule has 0 spiro atoms. The molecule has 1 aromatic rings. The maximum absolute atomic E-state index is 11.1. The second kappa shape index (κ2) is 5.51. The fourth-order valence-corrected chi connectivity index (χ4v) is 1.05. The number of rotatable bonds is 5. The van der Waals surface area contributed by atoms with Crippen LogP contribution in [0, 0.1) is 0 Å². The molecular weight excluding hydrogens is 184 g/mol. The Morgan fingerprint density at radius 3 is 2.93 bits per heavy atom. The van der Waals surface area contributed by atoms with Crippen LogP contribution in [0.2, 0.25) is 0 Å². The Hall–Kier alpha value is -1.20. The van der Waals surface area contributed by atoms with E-state index in [9.17, 15) is 4.79 Å². The van der Waals surface area contributed by atoms with E-state index in [4.69, 9.17) is 9.47 Å². The summed E-state index contributed by atoms with van der Waals surface area (Å²) in [5.41, 5.74) is 0.438. The van der Waals surface area contributed by atoms with Crippen LogP contribution in [-0.2, 0) is 22.7 Å². The Kier molecular flexibility index (Phi) is 4.28. The zero-order valence-corrected chi connectivity index (χ0v) is 8.37. The Morgan fingerprint density at radius 1 is 1.50 bits per heavy atom. The van der Waals surface area contributed by atoms with E-state index in [-0.39, 0.29) is 5.56 Å². The van der Waals surface area contributed by atoms with Crippen molar-refractivity contribution in [2.75, 3.05) is 13.7 Å². The Labute approximate surface area is 82.1 Å². The van der Waals surface area contributed by atoms with Crippen molar-refractivity contribution in [2.24, 2.45) is 0 Å². The summed E-state index contributed by atoms with van der Waals surface area (Å²) in [6.07, 6.45) is 0. The molecule has 0 saturated carbocycles. The predicted molar refractivity (Wildman–Crippen MR) is 50.9 cm³/mol. The van der Waals surface area contributed by atoms with Gasteiger partial charge in [0.25, 0.3) is 5.56 Å². The number of H-pyrrole nitrogens is 1. The largest absolute Gasteiger partial charge is 0.378 e. The lowest BCUT2D eigenvalue weighted by molar-refractivity contribution is 0.127. The number of methoxy groups -OCH3 is 1. The maximum atomic E-state index is 11.1. The van der Waals surface area contributed by atoms with Gasteiger partial charge in [0.2, 0.25) is 0 Å². The first-order valence-electron chi connectivity index (χ1n) is 4.42. The van der Waals surface area contributed by atoms with Gasteiger partial charge in [0, 0.05) is 19.8 Å². The number of nitrogens with one attached hydrogen (secondary N) is 1. The van der Waals surface area contributed by atoms with Gasteiger partial charge in [0.1, 0.15) is 12.4 Å². The van der Waals surface area contributed by atoms with Gasteiger partial charge in [-0.15, -0.1) is 0 Å². The smallest absolute Gasteiger partial charge is 0.251 e. The minimum absolute atomic E-state index is 0.179. The highest BCUT2D eigenvalue weighted by Gasteiger charge is 2.00. The third-order valence-electron chi connectivity index (χ3n) is 1.58. The first kappa shape index (κ1) is 10.9. The monoisotopic (exact) mass is 198 g/mol. The SMILES string of the molecule is CCOCc1nc(COC)cc(=O)[nH]1. The molecule has 0 aliphatic carbocycles. The molecule has 0 aliphatic rings. The molecule has 14 heavy (non-hydrogen) atoms. The van der Waals surface area contributed by atoms with Gasteiger partial charge >= 0.3 is 0 Å². The van der Waals surface area contributed by atoms with E-state index >= 15 is 0 Å². The highest BCUT2D eigenvalue weighted by molar-refractivity contribution is 5.01. The summed E-state index contributed by atoms with van der Waals surface area (Å²) in [7, 11) is 1.56. The lowest BCUT2D eigenvalue weighted by atomic mass is 10.4. The second-order valence-electron chi connectivity index (χ2n) is 2.75. The van der Waals surface area contributed by atoms with Crippen molar-refractivity contribution in [3.05, 3.63) is 27.9 Å². The minimum atomic E-state index is -0.179. The molecule has 1 aromatic heterocycles. The second-order valence-corrected chi connectivity index (χ2v) is 2.75. The van der Waals surface area contributed by atoms with Gasteiger partial charge in [-0.3, -0.25) is 4.79 Å². The number of aromatic nitrogens is 2. The van der Waals surface area contributed by atoms with Crippen LogP contribution in [0.1, 0.15) is 18.4 Å². The summed E-state index contributed by atoms with van der Waals surface area (Å²) in [4.78, 5) is 17.9. The van der Waals surface area contributed by atoms with Crippen LogP contribution in [-0.4, -0.2) is 23.7 Å². The molecule has 1 heterocycles. The van der Waals surface area contributed by atoms with Crippen LogP contribution in [0.15, 0.2) is 10.9 Å². The molecule has 5 nitrogen and oxygen atoms in total. The van der Waals surface area contributed by atoms with Crippen molar-refractivity contribution < 1.29 is 9.47 Å². The van der Waals surface area contributed by atoms with Crippen LogP contribution in [0.3, 0.4) is 0 Å². The minimum Gasteiger partial charge on any atom is -0.378 e. The maximum Gasteiger partial charge on any atom is 0.251 e. The number of ether oxygens (including phenoxy) is 2. The van der Waals surface area contributed by atoms with Crippen molar-refractivity contribution in [1.82, 2.24) is 9.97 Å². The molecule has 0 amide bonds. The Balaban J connectivity index is 2.78.